The first-order valence-electron chi connectivity index (χ1n) is 10.2. The lowest BCUT2D eigenvalue weighted by Gasteiger charge is -2.32. The average Bonchev–Trinajstić information content (AvgIpc) is 3.19. The van der Waals surface area contributed by atoms with Crippen LogP contribution in [0.3, 0.4) is 0 Å². The highest BCUT2D eigenvalue weighted by molar-refractivity contribution is 5.99. The molecule has 2 aliphatic rings. The molecule has 1 saturated heterocycles. The monoisotopic (exact) mass is 417 g/mol. The van der Waals surface area contributed by atoms with Crippen LogP contribution in [0.5, 0.6) is 0 Å². The Morgan fingerprint density at radius 2 is 1.73 bits per heavy atom. The van der Waals surface area contributed by atoms with Crippen LogP contribution in [-0.2, 0) is 4.79 Å². The van der Waals surface area contributed by atoms with Crippen LogP contribution >= 0.6 is 0 Å². The molecular formula is C21H28FN5O3. The van der Waals surface area contributed by atoms with Crippen LogP contribution < -0.4 is 16.4 Å². The minimum Gasteiger partial charge on any atom is -0.350 e. The van der Waals surface area contributed by atoms with Crippen LogP contribution in [0.25, 0.3) is 0 Å². The summed E-state index contributed by atoms with van der Waals surface area (Å²) in [6.07, 6.45) is 3.61. The van der Waals surface area contributed by atoms with Gasteiger partial charge in [-0.15, -0.1) is 6.58 Å². The van der Waals surface area contributed by atoms with Gasteiger partial charge in [-0.05, 0) is 49.9 Å². The quantitative estimate of drug-likeness (QED) is 0.626. The number of rotatable bonds is 5. The van der Waals surface area contributed by atoms with Crippen molar-refractivity contribution in [3.63, 3.8) is 0 Å². The molecule has 4 amide bonds. The van der Waals surface area contributed by atoms with Gasteiger partial charge in [0.2, 0.25) is 0 Å². The molecule has 2 fully saturated rings. The number of hydrogen-bond acceptors (Lipinski definition) is 4. The number of nitrogens with one attached hydrogen (secondary N) is 2. The predicted octanol–water partition coefficient (Wildman–Crippen LogP) is 1.19. The van der Waals surface area contributed by atoms with Gasteiger partial charge in [0.1, 0.15) is 5.82 Å². The molecule has 30 heavy (non-hydrogen) atoms. The van der Waals surface area contributed by atoms with E-state index in [0.717, 1.165) is 25.7 Å². The molecule has 3 rings (SSSR count). The number of urea groups is 1. The summed E-state index contributed by atoms with van der Waals surface area (Å²) in [6, 6.07) is 4.78. The van der Waals surface area contributed by atoms with E-state index in [9.17, 15) is 18.8 Å². The molecule has 162 valence electrons. The molecule has 8 nitrogen and oxygen atoms in total. The molecule has 1 aromatic carbocycles. The first kappa shape index (κ1) is 21.8. The SMILES string of the molecule is C=CCNC(=O)N1CCN(C(=O)c2ccc(F)cc2)C1C(=O)NC1CCC(N)CC1. The highest BCUT2D eigenvalue weighted by atomic mass is 19.1. The number of amides is 4. The van der Waals surface area contributed by atoms with Crippen molar-refractivity contribution < 1.29 is 18.8 Å². The van der Waals surface area contributed by atoms with Crippen molar-refractivity contribution in [2.75, 3.05) is 19.6 Å². The van der Waals surface area contributed by atoms with Crippen LogP contribution in [0.15, 0.2) is 36.9 Å². The molecule has 1 aromatic rings. The van der Waals surface area contributed by atoms with Gasteiger partial charge in [-0.2, -0.15) is 0 Å². The van der Waals surface area contributed by atoms with Gasteiger partial charge < -0.3 is 21.3 Å². The minimum absolute atomic E-state index is 0.0428. The standard InChI is InChI=1S/C21H28FN5O3/c1-2-11-24-21(30)27-13-12-26(20(29)14-3-5-15(22)6-4-14)19(27)18(28)25-17-9-7-16(23)8-10-17/h2-6,16-17,19H,1,7-13,23H2,(H,24,30)(H,25,28). The van der Waals surface area contributed by atoms with E-state index in [1.165, 1.54) is 40.1 Å². The van der Waals surface area contributed by atoms with E-state index in [1.807, 2.05) is 0 Å². The Morgan fingerprint density at radius 3 is 2.37 bits per heavy atom. The first-order valence-corrected chi connectivity index (χ1v) is 10.2. The minimum atomic E-state index is -1.08. The fourth-order valence-electron chi connectivity index (χ4n) is 3.90. The van der Waals surface area contributed by atoms with E-state index in [-0.39, 0.29) is 37.3 Å². The van der Waals surface area contributed by atoms with E-state index in [1.54, 1.807) is 0 Å². The van der Waals surface area contributed by atoms with E-state index in [4.69, 9.17) is 5.73 Å². The van der Waals surface area contributed by atoms with Gasteiger partial charge in [-0.1, -0.05) is 6.08 Å². The molecule has 0 spiro atoms. The van der Waals surface area contributed by atoms with Gasteiger partial charge in [0, 0.05) is 37.3 Å². The zero-order valence-electron chi connectivity index (χ0n) is 16.9. The number of carbonyl (C=O) groups is 3. The summed E-state index contributed by atoms with van der Waals surface area (Å²) in [4.78, 5) is 41.4. The Labute approximate surface area is 175 Å². The summed E-state index contributed by atoms with van der Waals surface area (Å²) < 4.78 is 13.2. The molecule has 1 heterocycles. The second-order valence-electron chi connectivity index (χ2n) is 7.67. The highest BCUT2D eigenvalue weighted by Crippen LogP contribution is 2.21. The van der Waals surface area contributed by atoms with E-state index < -0.39 is 29.8 Å². The normalized spacial score (nSPS) is 23.7. The number of halogens is 1. The summed E-state index contributed by atoms with van der Waals surface area (Å²) in [5.74, 6) is -1.29. The molecule has 1 atom stereocenters. The van der Waals surface area contributed by atoms with E-state index >= 15 is 0 Å². The zero-order valence-corrected chi connectivity index (χ0v) is 16.9. The average molecular weight is 417 g/mol. The van der Waals surface area contributed by atoms with Crippen molar-refractivity contribution in [3.8, 4) is 0 Å². The summed E-state index contributed by atoms with van der Waals surface area (Å²) in [7, 11) is 0. The molecular weight excluding hydrogens is 389 g/mol. The van der Waals surface area contributed by atoms with Crippen molar-refractivity contribution in [1.82, 2.24) is 20.4 Å². The molecule has 1 aliphatic carbocycles. The van der Waals surface area contributed by atoms with E-state index in [2.05, 4.69) is 17.2 Å². The highest BCUT2D eigenvalue weighted by Gasteiger charge is 2.43. The third kappa shape index (κ3) is 4.96. The number of nitrogens with zero attached hydrogens (tertiary/aromatic N) is 2. The maximum atomic E-state index is 13.2. The Hall–Kier alpha value is -2.94. The van der Waals surface area contributed by atoms with Crippen molar-refractivity contribution in [3.05, 3.63) is 48.3 Å². The largest absolute Gasteiger partial charge is 0.350 e. The smallest absolute Gasteiger partial charge is 0.319 e. The Morgan fingerprint density at radius 1 is 1.10 bits per heavy atom. The number of carbonyl (C=O) groups excluding carboxylic acids is 3. The fraction of sp³-hybridized carbons (Fsp3) is 0.476. The van der Waals surface area contributed by atoms with Crippen LogP contribution in [-0.4, -0.2) is 65.5 Å². The van der Waals surface area contributed by atoms with Crippen molar-refractivity contribution in [2.45, 2.75) is 43.9 Å². The predicted molar refractivity (Wildman–Crippen MR) is 110 cm³/mol. The Kier molecular flexibility index (Phi) is 7.04. The number of hydrogen-bond donors (Lipinski definition) is 3. The summed E-state index contributed by atoms with van der Waals surface area (Å²) in [6.45, 7) is 4.23. The van der Waals surface area contributed by atoms with Gasteiger partial charge in [0.05, 0.1) is 0 Å². The number of benzene rings is 1. The lowest BCUT2D eigenvalue weighted by Crippen LogP contribution is -2.57. The first-order chi connectivity index (χ1) is 14.4. The molecule has 0 bridgehead atoms. The molecule has 1 saturated carbocycles. The molecule has 4 N–H and O–H groups in total. The van der Waals surface area contributed by atoms with Crippen molar-refractivity contribution in [1.29, 1.82) is 0 Å². The lowest BCUT2D eigenvalue weighted by atomic mass is 9.92. The van der Waals surface area contributed by atoms with Gasteiger partial charge >= 0.3 is 6.03 Å². The number of nitrogens with two attached hydrogens (primary N) is 1. The van der Waals surface area contributed by atoms with Crippen molar-refractivity contribution in [2.24, 2.45) is 5.73 Å². The second-order valence-corrected chi connectivity index (χ2v) is 7.67. The lowest BCUT2D eigenvalue weighted by molar-refractivity contribution is -0.129. The summed E-state index contributed by atoms with van der Waals surface area (Å²) in [5, 5.41) is 5.64. The molecule has 1 unspecified atom stereocenters. The van der Waals surface area contributed by atoms with Gasteiger partial charge in [0.15, 0.2) is 6.17 Å². The van der Waals surface area contributed by atoms with Crippen LogP contribution in [0.1, 0.15) is 36.0 Å². The van der Waals surface area contributed by atoms with Crippen molar-refractivity contribution >= 4 is 17.8 Å². The molecule has 0 radical (unpaired) electrons. The third-order valence-electron chi connectivity index (χ3n) is 5.54. The maximum Gasteiger partial charge on any atom is 0.319 e. The Balaban J connectivity index is 1.79. The van der Waals surface area contributed by atoms with Crippen LogP contribution in [0.4, 0.5) is 9.18 Å². The topological polar surface area (TPSA) is 108 Å². The fourth-order valence-corrected chi connectivity index (χ4v) is 3.90. The molecule has 9 heteroatoms. The molecule has 0 aromatic heterocycles. The summed E-state index contributed by atoms with van der Waals surface area (Å²) in [5.41, 5.74) is 6.19. The van der Waals surface area contributed by atoms with E-state index in [0.29, 0.717) is 0 Å². The van der Waals surface area contributed by atoms with Gasteiger partial charge in [-0.3, -0.25) is 14.5 Å². The van der Waals surface area contributed by atoms with Gasteiger partial charge in [0.25, 0.3) is 11.8 Å². The van der Waals surface area contributed by atoms with Crippen LogP contribution in [0.2, 0.25) is 0 Å². The second kappa shape index (κ2) is 9.71. The maximum absolute atomic E-state index is 13.2. The Bertz CT molecular complexity index is 792. The molecule has 1 aliphatic heterocycles. The zero-order chi connectivity index (χ0) is 21.7. The summed E-state index contributed by atoms with van der Waals surface area (Å²) >= 11 is 0. The third-order valence-corrected chi connectivity index (χ3v) is 5.54. The van der Waals surface area contributed by atoms with Crippen LogP contribution in [0, 0.1) is 5.82 Å². The van der Waals surface area contributed by atoms with Gasteiger partial charge in [-0.25, -0.2) is 9.18 Å².